The molecule has 22 heteroatoms. The number of hydrogen-bond acceptors (Lipinski definition) is 22. The highest BCUT2D eigenvalue weighted by Gasteiger charge is 2.35. The molecule has 0 rings (SSSR count). The molecular formula is C39H83N3O19. The van der Waals surface area contributed by atoms with Gasteiger partial charge in [0.1, 0.15) is 67.1 Å². The van der Waals surface area contributed by atoms with E-state index >= 15 is 0 Å². The monoisotopic (exact) mass is 898 g/mol. The van der Waals surface area contributed by atoms with Gasteiger partial charge in [-0.15, -0.1) is 0 Å². The first-order chi connectivity index (χ1) is 28.6. The highest BCUT2D eigenvalue weighted by atomic mass is 16.4. The average molecular weight is 898 g/mol. The third-order valence-electron chi connectivity index (χ3n) is 11.0. The van der Waals surface area contributed by atoms with Crippen molar-refractivity contribution in [2.24, 2.45) is 5.92 Å². The fourth-order valence-corrected chi connectivity index (χ4v) is 6.80. The lowest BCUT2D eigenvalue weighted by Crippen LogP contribution is -2.53. The Kier molecular flexibility index (Phi) is 32.3. The quantitative estimate of drug-likeness (QED) is 0.0256. The zero-order valence-electron chi connectivity index (χ0n) is 36.1. The molecule has 0 aliphatic rings. The second kappa shape index (κ2) is 32.7. The summed E-state index contributed by atoms with van der Waals surface area (Å²) in [6, 6.07) is 0. The SMILES string of the molecule is CCC(O)C(O)C(O)C(O)CN(CCCN(CCCCN(CCCCC(C)C)CC(O)C(O)C(O)C(O)CO)CC(O)C(O)C(O)C(O)CO)CC(O)C(O)C(O)C(O)CO. The van der Waals surface area contributed by atoms with E-state index in [0.29, 0.717) is 31.8 Å². The molecule has 0 saturated carbocycles. The average Bonchev–Trinajstić information content (AvgIpc) is 3.24. The molecule has 19 N–H and O–H groups in total. The Hall–Kier alpha value is -0.880. The van der Waals surface area contributed by atoms with Crippen LogP contribution in [-0.4, -0.2) is 288 Å². The highest BCUT2D eigenvalue weighted by Crippen LogP contribution is 2.15. The van der Waals surface area contributed by atoms with Gasteiger partial charge in [-0.2, -0.15) is 0 Å². The standard InChI is InChI=1S/C39H83N3O19/c1-4-24(46)32(54)33(55)27(49)18-42(19-28(50)36(58)39(61)31(53)22-45)15-9-14-41(17-26(48)35(57)38(60)30(52)21-44)13-8-7-12-40(11-6-5-10-23(2)3)16-25(47)34(56)37(59)29(51)20-43/h23-39,43-61H,4-22H2,1-3H3. The second-order valence-electron chi connectivity index (χ2n) is 16.7. The normalized spacial score (nSPS) is 20.8. The predicted octanol–water partition coefficient (Wildman–Crippen LogP) is -7.95. The lowest BCUT2D eigenvalue weighted by Gasteiger charge is -2.34. The van der Waals surface area contributed by atoms with E-state index in [1.54, 1.807) is 11.8 Å². The number of aliphatic hydroxyl groups excluding tert-OH is 19. The van der Waals surface area contributed by atoms with Crippen molar-refractivity contribution in [1.82, 2.24) is 14.7 Å². The van der Waals surface area contributed by atoms with Crippen molar-refractivity contribution in [3.05, 3.63) is 0 Å². The van der Waals surface area contributed by atoms with Gasteiger partial charge < -0.3 is 107 Å². The first kappa shape index (κ1) is 60.1. The Morgan fingerprint density at radius 2 is 0.557 bits per heavy atom. The third-order valence-corrected chi connectivity index (χ3v) is 11.0. The molecule has 368 valence electrons. The summed E-state index contributed by atoms with van der Waals surface area (Å²) in [5.41, 5.74) is 0. The zero-order valence-corrected chi connectivity index (χ0v) is 36.1. The van der Waals surface area contributed by atoms with E-state index in [-0.39, 0.29) is 45.6 Å². The number of hydrogen-bond donors (Lipinski definition) is 19. The zero-order chi connectivity index (χ0) is 47.0. The molecular weight excluding hydrogens is 814 g/mol. The van der Waals surface area contributed by atoms with Crippen molar-refractivity contribution in [3.8, 4) is 0 Å². The van der Waals surface area contributed by atoms with Crippen molar-refractivity contribution in [1.29, 1.82) is 0 Å². The summed E-state index contributed by atoms with van der Waals surface area (Å²) in [6.07, 6.45) is -24.2. The maximum atomic E-state index is 10.9. The first-order valence-electron chi connectivity index (χ1n) is 21.5. The summed E-state index contributed by atoms with van der Waals surface area (Å²) in [4.78, 5) is 4.94. The summed E-state index contributed by atoms with van der Waals surface area (Å²) in [7, 11) is 0. The summed E-state index contributed by atoms with van der Waals surface area (Å²) < 4.78 is 0. The molecule has 0 aromatic heterocycles. The van der Waals surface area contributed by atoms with Gasteiger partial charge in [-0.3, -0.25) is 4.90 Å². The molecule has 0 aromatic rings. The fraction of sp³-hybridized carbons (Fsp3) is 1.00. The molecule has 22 nitrogen and oxygen atoms in total. The van der Waals surface area contributed by atoms with Crippen LogP contribution >= 0.6 is 0 Å². The molecule has 0 fully saturated rings. The molecule has 0 spiro atoms. The van der Waals surface area contributed by atoms with Gasteiger partial charge >= 0.3 is 0 Å². The van der Waals surface area contributed by atoms with E-state index in [9.17, 15) is 91.9 Å². The second-order valence-corrected chi connectivity index (χ2v) is 16.7. The molecule has 0 aliphatic carbocycles. The smallest absolute Gasteiger partial charge is 0.111 e. The van der Waals surface area contributed by atoms with Crippen molar-refractivity contribution in [3.63, 3.8) is 0 Å². The van der Waals surface area contributed by atoms with Gasteiger partial charge in [0.25, 0.3) is 0 Å². The molecule has 16 atom stereocenters. The molecule has 61 heavy (non-hydrogen) atoms. The van der Waals surface area contributed by atoms with Crippen LogP contribution in [0, 0.1) is 5.92 Å². The molecule has 0 bridgehead atoms. The van der Waals surface area contributed by atoms with Crippen LogP contribution in [-0.2, 0) is 0 Å². The van der Waals surface area contributed by atoms with Gasteiger partial charge in [-0.1, -0.05) is 33.6 Å². The molecule has 0 amide bonds. The molecule has 0 aliphatic heterocycles. The van der Waals surface area contributed by atoms with Crippen LogP contribution in [0.15, 0.2) is 0 Å². The number of rotatable bonds is 38. The topological polar surface area (TPSA) is 394 Å². The van der Waals surface area contributed by atoms with Crippen LogP contribution in [0.4, 0.5) is 0 Å². The Balaban J connectivity index is 6.15. The van der Waals surface area contributed by atoms with Crippen LogP contribution < -0.4 is 0 Å². The molecule has 0 radical (unpaired) electrons. The van der Waals surface area contributed by atoms with Gasteiger partial charge in [-0.05, 0) is 70.7 Å². The van der Waals surface area contributed by atoms with Gasteiger partial charge in [0.05, 0.1) is 50.3 Å². The van der Waals surface area contributed by atoms with Crippen molar-refractivity contribution in [2.45, 2.75) is 163 Å². The minimum atomic E-state index is -1.97. The van der Waals surface area contributed by atoms with Crippen LogP contribution in [0.2, 0.25) is 0 Å². The summed E-state index contributed by atoms with van der Waals surface area (Å²) >= 11 is 0. The van der Waals surface area contributed by atoms with Crippen molar-refractivity contribution >= 4 is 0 Å². The molecule has 0 saturated heterocycles. The van der Waals surface area contributed by atoms with Crippen molar-refractivity contribution < 1.29 is 97.0 Å². The van der Waals surface area contributed by atoms with E-state index in [1.165, 1.54) is 4.90 Å². The van der Waals surface area contributed by atoms with E-state index in [2.05, 4.69) is 13.8 Å². The van der Waals surface area contributed by atoms with Gasteiger partial charge in [0.15, 0.2) is 0 Å². The third kappa shape index (κ3) is 23.2. The highest BCUT2D eigenvalue weighted by molar-refractivity contribution is 4.87. The summed E-state index contributed by atoms with van der Waals surface area (Å²) in [5.74, 6) is 0.468. The Morgan fingerprint density at radius 3 is 0.852 bits per heavy atom. The van der Waals surface area contributed by atoms with Crippen LogP contribution in [0.3, 0.4) is 0 Å². The fourth-order valence-electron chi connectivity index (χ4n) is 6.80. The lowest BCUT2D eigenvalue weighted by molar-refractivity contribution is -0.127. The minimum Gasteiger partial charge on any atom is -0.394 e. The largest absolute Gasteiger partial charge is 0.394 e. The summed E-state index contributed by atoms with van der Waals surface area (Å²) in [5, 5.41) is 193. The predicted molar refractivity (Wildman–Crippen MR) is 220 cm³/mol. The van der Waals surface area contributed by atoms with Gasteiger partial charge in [0.2, 0.25) is 0 Å². The summed E-state index contributed by atoms with van der Waals surface area (Å²) in [6.45, 7) is 3.14. The van der Waals surface area contributed by atoms with Crippen LogP contribution in [0.25, 0.3) is 0 Å². The van der Waals surface area contributed by atoms with Crippen LogP contribution in [0.1, 0.15) is 65.7 Å². The molecule has 0 heterocycles. The van der Waals surface area contributed by atoms with E-state index in [1.807, 2.05) is 4.90 Å². The number of nitrogens with zero attached hydrogens (tertiary/aromatic N) is 3. The lowest BCUT2D eigenvalue weighted by atomic mass is 10.00. The first-order valence-corrected chi connectivity index (χ1v) is 21.5. The van der Waals surface area contributed by atoms with Gasteiger partial charge in [0, 0.05) is 26.2 Å². The molecule has 16 unspecified atom stereocenters. The molecule has 0 aromatic carbocycles. The van der Waals surface area contributed by atoms with E-state index < -0.39 is 131 Å². The van der Waals surface area contributed by atoms with Gasteiger partial charge in [-0.25, -0.2) is 0 Å². The maximum Gasteiger partial charge on any atom is 0.111 e. The number of aliphatic hydroxyl groups is 19. The Bertz CT molecular complexity index is 1030. The maximum absolute atomic E-state index is 10.9. The van der Waals surface area contributed by atoms with Crippen molar-refractivity contribution in [2.75, 3.05) is 78.7 Å². The number of unbranched alkanes of at least 4 members (excludes halogenated alkanes) is 2. The Labute approximate surface area is 359 Å². The Morgan fingerprint density at radius 1 is 0.311 bits per heavy atom. The van der Waals surface area contributed by atoms with E-state index in [4.69, 9.17) is 5.11 Å². The van der Waals surface area contributed by atoms with E-state index in [0.717, 1.165) is 19.3 Å². The minimum absolute atomic E-state index is 0.0131. The van der Waals surface area contributed by atoms with Crippen LogP contribution in [0.5, 0.6) is 0 Å².